The summed E-state index contributed by atoms with van der Waals surface area (Å²) in [6, 6.07) is 20.0. The largest absolute Gasteiger partial charge is 0.494 e. The van der Waals surface area contributed by atoms with Gasteiger partial charge in [0.1, 0.15) is 5.75 Å². The molecule has 1 unspecified atom stereocenters. The number of hydrogen-bond donors (Lipinski definition) is 0. The van der Waals surface area contributed by atoms with Crippen LogP contribution in [0.4, 0.5) is 0 Å². The minimum Gasteiger partial charge on any atom is -0.494 e. The fourth-order valence-corrected chi connectivity index (χ4v) is 5.23. The summed E-state index contributed by atoms with van der Waals surface area (Å²) in [6.07, 6.45) is 4.35. The highest BCUT2D eigenvalue weighted by atomic mass is 32.2. The number of nitrogens with zero attached hydrogens (tertiary/aromatic N) is 5. The first-order chi connectivity index (χ1) is 17.1. The molecule has 2 aromatic heterocycles. The molecular formula is C27H27N5O2S. The molecule has 0 N–H and O–H groups in total. The van der Waals surface area contributed by atoms with Crippen LogP contribution in [0.25, 0.3) is 17.1 Å². The van der Waals surface area contributed by atoms with Gasteiger partial charge in [-0.25, -0.2) is 0 Å². The van der Waals surface area contributed by atoms with Crippen molar-refractivity contribution in [3.05, 3.63) is 84.2 Å². The number of hydrogen-bond acceptors (Lipinski definition) is 6. The van der Waals surface area contributed by atoms with E-state index in [1.54, 1.807) is 12.4 Å². The van der Waals surface area contributed by atoms with Crippen LogP contribution in [0.3, 0.4) is 0 Å². The molecule has 1 atom stereocenters. The lowest BCUT2D eigenvalue weighted by Crippen LogP contribution is -2.40. The average Bonchev–Trinajstić information content (AvgIpc) is 3.32. The number of pyridine rings is 1. The van der Waals surface area contributed by atoms with E-state index in [0.717, 1.165) is 30.0 Å². The first kappa shape index (κ1) is 23.1. The van der Waals surface area contributed by atoms with E-state index in [1.165, 1.54) is 22.9 Å². The summed E-state index contributed by atoms with van der Waals surface area (Å²) < 4.78 is 7.60. The summed E-state index contributed by atoms with van der Waals surface area (Å²) >= 11 is 1.43. The number of rotatable bonds is 7. The van der Waals surface area contributed by atoms with Crippen LogP contribution in [0.15, 0.2) is 78.2 Å². The Morgan fingerprint density at radius 2 is 1.77 bits per heavy atom. The maximum atomic E-state index is 13.4. The lowest BCUT2D eigenvalue weighted by molar-refractivity contribution is -0.131. The highest BCUT2D eigenvalue weighted by Crippen LogP contribution is 2.32. The highest BCUT2D eigenvalue weighted by molar-refractivity contribution is 8.00. The summed E-state index contributed by atoms with van der Waals surface area (Å²) in [6.45, 7) is 5.89. The van der Waals surface area contributed by atoms with E-state index < -0.39 is 0 Å². The molecule has 4 aromatic rings. The molecule has 178 valence electrons. The Morgan fingerprint density at radius 1 is 1.03 bits per heavy atom. The predicted octanol–water partition coefficient (Wildman–Crippen LogP) is 4.79. The number of ether oxygens (including phenoxy) is 1. The van der Waals surface area contributed by atoms with E-state index in [1.807, 2.05) is 65.8 Å². The fraction of sp³-hybridized carbons (Fsp3) is 0.259. The summed E-state index contributed by atoms with van der Waals surface area (Å²) in [4.78, 5) is 19.4. The molecule has 5 rings (SSSR count). The molecular weight excluding hydrogens is 458 g/mol. The quantitative estimate of drug-likeness (QED) is 0.350. The first-order valence-corrected chi connectivity index (χ1v) is 12.6. The molecule has 8 heteroatoms. The topological polar surface area (TPSA) is 73.1 Å². The van der Waals surface area contributed by atoms with E-state index >= 15 is 0 Å². The molecule has 0 saturated heterocycles. The zero-order valence-electron chi connectivity index (χ0n) is 19.8. The van der Waals surface area contributed by atoms with Crippen molar-refractivity contribution in [2.24, 2.45) is 0 Å². The lowest BCUT2D eigenvalue weighted by Gasteiger charge is -2.30. The van der Waals surface area contributed by atoms with Crippen molar-refractivity contribution in [3.8, 4) is 22.8 Å². The molecule has 1 aliphatic heterocycles. The van der Waals surface area contributed by atoms with E-state index in [9.17, 15) is 4.79 Å². The van der Waals surface area contributed by atoms with Gasteiger partial charge in [0.15, 0.2) is 11.0 Å². The Labute approximate surface area is 209 Å². The van der Waals surface area contributed by atoms with Gasteiger partial charge >= 0.3 is 0 Å². The second-order valence-corrected chi connectivity index (χ2v) is 9.65. The van der Waals surface area contributed by atoms with E-state index in [0.29, 0.717) is 24.1 Å². The fourth-order valence-electron chi connectivity index (χ4n) is 4.27. The smallest absolute Gasteiger partial charge is 0.236 e. The zero-order chi connectivity index (χ0) is 24.2. The summed E-state index contributed by atoms with van der Waals surface area (Å²) in [5.74, 6) is 1.61. The van der Waals surface area contributed by atoms with Gasteiger partial charge in [-0.05, 0) is 67.8 Å². The Balaban J connectivity index is 1.42. The molecule has 7 nitrogen and oxygen atoms in total. The monoisotopic (exact) mass is 485 g/mol. The van der Waals surface area contributed by atoms with Crippen LogP contribution < -0.4 is 4.74 Å². The predicted molar refractivity (Wildman–Crippen MR) is 137 cm³/mol. The van der Waals surface area contributed by atoms with Gasteiger partial charge in [-0.1, -0.05) is 36.0 Å². The van der Waals surface area contributed by atoms with Crippen molar-refractivity contribution in [1.82, 2.24) is 24.6 Å². The summed E-state index contributed by atoms with van der Waals surface area (Å²) in [5, 5.41) is 9.33. The number of carbonyl (C=O) groups is 1. The Bertz CT molecular complexity index is 1310. The first-order valence-electron chi connectivity index (χ1n) is 11.8. The van der Waals surface area contributed by atoms with Crippen molar-refractivity contribution < 1.29 is 9.53 Å². The zero-order valence-corrected chi connectivity index (χ0v) is 20.6. The van der Waals surface area contributed by atoms with Gasteiger partial charge in [-0.3, -0.25) is 14.3 Å². The normalized spacial score (nSPS) is 13.8. The van der Waals surface area contributed by atoms with Crippen LogP contribution in [0.5, 0.6) is 5.75 Å². The van der Waals surface area contributed by atoms with Crippen LogP contribution >= 0.6 is 11.8 Å². The minimum absolute atomic E-state index is 0.108. The van der Waals surface area contributed by atoms with Crippen molar-refractivity contribution in [3.63, 3.8) is 0 Å². The molecule has 2 aromatic carbocycles. The molecule has 3 heterocycles. The number of thioether (sulfide) groups is 1. The Kier molecular flexibility index (Phi) is 6.81. The molecule has 35 heavy (non-hydrogen) atoms. The van der Waals surface area contributed by atoms with Crippen LogP contribution in [0.1, 0.15) is 25.0 Å². The maximum Gasteiger partial charge on any atom is 0.236 e. The number of amides is 1. The van der Waals surface area contributed by atoms with E-state index in [2.05, 4.69) is 33.4 Å². The van der Waals surface area contributed by atoms with Gasteiger partial charge in [0.05, 0.1) is 11.9 Å². The van der Waals surface area contributed by atoms with Crippen LogP contribution in [0, 0.1) is 0 Å². The van der Waals surface area contributed by atoms with Crippen molar-refractivity contribution in [1.29, 1.82) is 0 Å². The van der Waals surface area contributed by atoms with Crippen LogP contribution in [0.2, 0.25) is 0 Å². The SMILES string of the molecule is CCOc1ccc(-n2c(SC(C)C(=O)N3CCc4ccccc4C3)nnc2-c2ccncc2)cc1. The lowest BCUT2D eigenvalue weighted by atomic mass is 10.00. The van der Waals surface area contributed by atoms with Crippen molar-refractivity contribution in [2.75, 3.05) is 13.2 Å². The van der Waals surface area contributed by atoms with E-state index in [4.69, 9.17) is 4.74 Å². The van der Waals surface area contributed by atoms with Gasteiger partial charge in [0, 0.05) is 36.7 Å². The number of aromatic nitrogens is 4. The standard InChI is InChI=1S/C27H27N5O2S/c1-3-34-24-10-8-23(9-11-24)32-25(21-12-15-28-16-13-21)29-30-27(32)35-19(2)26(33)31-17-14-20-6-4-5-7-22(20)18-31/h4-13,15-16,19H,3,14,17-18H2,1-2H3. The Hall–Kier alpha value is -3.65. The van der Waals surface area contributed by atoms with Gasteiger partial charge < -0.3 is 9.64 Å². The molecule has 0 bridgehead atoms. The maximum absolute atomic E-state index is 13.4. The number of benzene rings is 2. The molecule has 0 radical (unpaired) electrons. The molecule has 0 aliphatic carbocycles. The van der Waals surface area contributed by atoms with E-state index in [-0.39, 0.29) is 11.2 Å². The van der Waals surface area contributed by atoms with Crippen LogP contribution in [-0.4, -0.2) is 49.0 Å². The molecule has 1 amide bonds. The molecule has 0 fully saturated rings. The van der Waals surface area contributed by atoms with Crippen LogP contribution in [-0.2, 0) is 17.8 Å². The average molecular weight is 486 g/mol. The molecule has 0 saturated carbocycles. The van der Waals surface area contributed by atoms with Gasteiger partial charge in [0.25, 0.3) is 0 Å². The Morgan fingerprint density at radius 3 is 2.51 bits per heavy atom. The number of carbonyl (C=O) groups excluding carboxylic acids is 1. The van der Waals surface area contributed by atoms with Gasteiger partial charge in [0.2, 0.25) is 5.91 Å². The van der Waals surface area contributed by atoms with Gasteiger partial charge in [-0.15, -0.1) is 10.2 Å². The third-order valence-electron chi connectivity index (χ3n) is 6.05. The summed E-state index contributed by atoms with van der Waals surface area (Å²) in [7, 11) is 0. The minimum atomic E-state index is -0.309. The van der Waals surface area contributed by atoms with Crippen molar-refractivity contribution in [2.45, 2.75) is 37.2 Å². The third kappa shape index (κ3) is 4.93. The van der Waals surface area contributed by atoms with Gasteiger partial charge in [-0.2, -0.15) is 0 Å². The summed E-state index contributed by atoms with van der Waals surface area (Å²) in [5.41, 5.74) is 4.36. The molecule has 0 spiro atoms. The molecule has 1 aliphatic rings. The highest BCUT2D eigenvalue weighted by Gasteiger charge is 2.27. The number of fused-ring (bicyclic) bond motifs is 1. The second-order valence-electron chi connectivity index (χ2n) is 8.34. The van der Waals surface area contributed by atoms with Crippen molar-refractivity contribution >= 4 is 17.7 Å². The third-order valence-corrected chi connectivity index (χ3v) is 7.08. The second kappa shape index (κ2) is 10.3.